The van der Waals surface area contributed by atoms with Crippen molar-refractivity contribution in [3.63, 3.8) is 0 Å². The average Bonchev–Trinajstić information content (AvgIpc) is 2.24. The first-order valence-corrected chi connectivity index (χ1v) is 5.76. The van der Waals surface area contributed by atoms with Gasteiger partial charge in [0, 0.05) is 12.1 Å². The van der Waals surface area contributed by atoms with Gasteiger partial charge in [0.25, 0.3) is 0 Å². The Morgan fingerprint density at radius 3 is 2.50 bits per heavy atom. The van der Waals surface area contributed by atoms with Crippen LogP contribution in [0.1, 0.15) is 12.0 Å². The third-order valence-corrected chi connectivity index (χ3v) is 3.24. The van der Waals surface area contributed by atoms with E-state index in [-0.39, 0.29) is 0 Å². The van der Waals surface area contributed by atoms with Crippen LogP contribution in [0.15, 0.2) is 12.1 Å². The van der Waals surface area contributed by atoms with E-state index in [9.17, 15) is 0 Å². The summed E-state index contributed by atoms with van der Waals surface area (Å²) >= 11 is 6.04. The van der Waals surface area contributed by atoms with Gasteiger partial charge in [0.05, 0.1) is 19.2 Å². The lowest BCUT2D eigenvalue weighted by molar-refractivity contribution is 0.356. The van der Waals surface area contributed by atoms with E-state index in [1.807, 2.05) is 12.1 Å². The van der Waals surface area contributed by atoms with E-state index in [0.717, 1.165) is 24.3 Å². The van der Waals surface area contributed by atoms with Gasteiger partial charge in [-0.2, -0.15) is 0 Å². The van der Waals surface area contributed by atoms with Crippen molar-refractivity contribution in [1.82, 2.24) is 5.32 Å². The molecule has 0 aliphatic carbocycles. The minimum Gasteiger partial charge on any atom is -0.496 e. The number of nitrogens with one attached hydrogen (secondary N) is 1. The summed E-state index contributed by atoms with van der Waals surface area (Å²) in [6, 6.07) is 4.33. The van der Waals surface area contributed by atoms with E-state index in [1.165, 1.54) is 6.42 Å². The van der Waals surface area contributed by atoms with Crippen LogP contribution in [0.3, 0.4) is 0 Å². The molecule has 0 spiro atoms. The fourth-order valence-corrected chi connectivity index (χ4v) is 2.10. The molecule has 1 aliphatic heterocycles. The van der Waals surface area contributed by atoms with Gasteiger partial charge in [0.1, 0.15) is 11.5 Å². The number of ether oxygens (including phenoxy) is 2. The first-order chi connectivity index (χ1) is 7.74. The maximum absolute atomic E-state index is 6.04. The van der Waals surface area contributed by atoms with Crippen molar-refractivity contribution in [2.75, 3.05) is 20.8 Å². The second-order valence-electron chi connectivity index (χ2n) is 3.94. The molecule has 2 rings (SSSR count). The summed E-state index contributed by atoms with van der Waals surface area (Å²) in [5.41, 5.74) is 1.14. The highest BCUT2D eigenvalue weighted by Gasteiger charge is 2.19. The molecule has 1 aromatic rings. The van der Waals surface area contributed by atoms with E-state index < -0.39 is 0 Å². The molecule has 1 aliphatic rings. The summed E-state index contributed by atoms with van der Waals surface area (Å²) in [7, 11) is 3.29. The molecule has 1 atom stereocenters. The van der Waals surface area contributed by atoms with E-state index in [1.54, 1.807) is 14.2 Å². The standard InChI is InChI=1S/C12H16ClNO2/c1-15-11-7-10(13)12(16-2)6-8(11)5-9-3-4-14-9/h6-7,9,14H,3-5H2,1-2H3. The molecular formula is C12H16ClNO2. The Labute approximate surface area is 101 Å². The molecule has 88 valence electrons. The van der Waals surface area contributed by atoms with Crippen molar-refractivity contribution in [2.24, 2.45) is 0 Å². The highest BCUT2D eigenvalue weighted by Crippen LogP contribution is 2.33. The van der Waals surface area contributed by atoms with Crippen molar-refractivity contribution in [2.45, 2.75) is 18.9 Å². The Morgan fingerprint density at radius 1 is 1.31 bits per heavy atom. The summed E-state index contributed by atoms with van der Waals surface area (Å²) < 4.78 is 10.5. The molecule has 0 aromatic heterocycles. The molecule has 0 bridgehead atoms. The lowest BCUT2D eigenvalue weighted by Gasteiger charge is -2.28. The van der Waals surface area contributed by atoms with E-state index in [0.29, 0.717) is 16.8 Å². The third kappa shape index (κ3) is 2.25. The maximum atomic E-state index is 6.04. The van der Waals surface area contributed by atoms with Crippen molar-refractivity contribution < 1.29 is 9.47 Å². The van der Waals surface area contributed by atoms with Crippen LogP contribution in [0.2, 0.25) is 5.02 Å². The zero-order valence-corrected chi connectivity index (χ0v) is 10.3. The molecule has 4 heteroatoms. The molecule has 16 heavy (non-hydrogen) atoms. The van der Waals surface area contributed by atoms with Gasteiger partial charge in [-0.25, -0.2) is 0 Å². The number of halogens is 1. The van der Waals surface area contributed by atoms with Crippen molar-refractivity contribution in [1.29, 1.82) is 0 Å². The number of methoxy groups -OCH3 is 2. The lowest BCUT2D eigenvalue weighted by Crippen LogP contribution is -2.44. The fraction of sp³-hybridized carbons (Fsp3) is 0.500. The molecule has 1 saturated heterocycles. The van der Waals surface area contributed by atoms with Gasteiger partial charge in [-0.15, -0.1) is 0 Å². The summed E-state index contributed by atoms with van der Waals surface area (Å²) in [5.74, 6) is 1.54. The minimum absolute atomic E-state index is 0.555. The Bertz CT molecular complexity index is 378. The monoisotopic (exact) mass is 241 g/mol. The van der Waals surface area contributed by atoms with Crippen LogP contribution in [-0.2, 0) is 6.42 Å². The maximum Gasteiger partial charge on any atom is 0.137 e. The summed E-state index contributed by atoms with van der Waals surface area (Å²) in [4.78, 5) is 0. The van der Waals surface area contributed by atoms with Crippen LogP contribution < -0.4 is 14.8 Å². The van der Waals surface area contributed by atoms with Gasteiger partial charge in [0.2, 0.25) is 0 Å². The highest BCUT2D eigenvalue weighted by molar-refractivity contribution is 6.32. The predicted octanol–water partition coefficient (Wildman–Crippen LogP) is 2.26. The SMILES string of the molecule is COc1cc(CC2CCN2)c(OC)cc1Cl. The molecule has 0 amide bonds. The van der Waals surface area contributed by atoms with Gasteiger partial charge in [-0.1, -0.05) is 11.6 Å². The number of hydrogen-bond donors (Lipinski definition) is 1. The van der Waals surface area contributed by atoms with E-state index in [4.69, 9.17) is 21.1 Å². The van der Waals surface area contributed by atoms with Gasteiger partial charge in [0.15, 0.2) is 0 Å². The van der Waals surface area contributed by atoms with Crippen molar-refractivity contribution in [3.8, 4) is 11.5 Å². The lowest BCUT2D eigenvalue weighted by atomic mass is 9.97. The highest BCUT2D eigenvalue weighted by atomic mass is 35.5. The topological polar surface area (TPSA) is 30.5 Å². The predicted molar refractivity (Wildman–Crippen MR) is 64.7 cm³/mol. The van der Waals surface area contributed by atoms with Gasteiger partial charge >= 0.3 is 0 Å². The molecule has 1 unspecified atom stereocenters. The van der Waals surface area contributed by atoms with E-state index >= 15 is 0 Å². The first-order valence-electron chi connectivity index (χ1n) is 5.38. The minimum atomic E-state index is 0.555. The second-order valence-corrected chi connectivity index (χ2v) is 4.35. The quantitative estimate of drug-likeness (QED) is 0.877. The van der Waals surface area contributed by atoms with Crippen molar-refractivity contribution in [3.05, 3.63) is 22.7 Å². The zero-order chi connectivity index (χ0) is 11.5. The van der Waals surface area contributed by atoms with Gasteiger partial charge < -0.3 is 14.8 Å². The third-order valence-electron chi connectivity index (χ3n) is 2.95. The van der Waals surface area contributed by atoms with Crippen LogP contribution in [0.4, 0.5) is 0 Å². The Kier molecular flexibility index (Phi) is 3.56. The normalized spacial score (nSPS) is 19.1. The van der Waals surface area contributed by atoms with Crippen molar-refractivity contribution >= 4 is 11.6 Å². The van der Waals surface area contributed by atoms with E-state index in [2.05, 4.69) is 5.32 Å². The Balaban J connectivity index is 2.25. The van der Waals surface area contributed by atoms with Crippen LogP contribution >= 0.6 is 11.6 Å². The molecule has 3 nitrogen and oxygen atoms in total. The fourth-order valence-electron chi connectivity index (χ4n) is 1.87. The zero-order valence-electron chi connectivity index (χ0n) is 9.55. The summed E-state index contributed by atoms with van der Waals surface area (Å²) in [5, 5.41) is 3.96. The largest absolute Gasteiger partial charge is 0.496 e. The molecular weight excluding hydrogens is 226 g/mol. The van der Waals surface area contributed by atoms with Crippen LogP contribution in [0.25, 0.3) is 0 Å². The molecule has 0 radical (unpaired) electrons. The summed E-state index contributed by atoms with van der Waals surface area (Å²) in [6.07, 6.45) is 2.17. The number of rotatable bonds is 4. The smallest absolute Gasteiger partial charge is 0.137 e. The molecule has 1 heterocycles. The van der Waals surface area contributed by atoms with Crippen LogP contribution in [0, 0.1) is 0 Å². The molecule has 0 saturated carbocycles. The molecule has 1 fully saturated rings. The van der Waals surface area contributed by atoms with Gasteiger partial charge in [-0.3, -0.25) is 0 Å². The number of hydrogen-bond acceptors (Lipinski definition) is 3. The average molecular weight is 242 g/mol. The second kappa shape index (κ2) is 4.93. The Morgan fingerprint density at radius 2 is 2.00 bits per heavy atom. The number of benzene rings is 1. The first kappa shape index (κ1) is 11.6. The van der Waals surface area contributed by atoms with Crippen LogP contribution in [-0.4, -0.2) is 26.8 Å². The molecule has 1 N–H and O–H groups in total. The van der Waals surface area contributed by atoms with Crippen LogP contribution in [0.5, 0.6) is 11.5 Å². The van der Waals surface area contributed by atoms with Gasteiger partial charge in [-0.05, 0) is 31.0 Å². The Hall–Kier alpha value is -0.930. The summed E-state index contributed by atoms with van der Waals surface area (Å²) in [6.45, 7) is 1.11. The molecule has 1 aromatic carbocycles.